The zero-order valence-corrected chi connectivity index (χ0v) is 10.8. The molecule has 0 bridgehead atoms. The topological polar surface area (TPSA) is 52.4 Å². The number of benzene rings is 1. The van der Waals surface area contributed by atoms with Gasteiger partial charge in [-0.1, -0.05) is 18.2 Å². The molecule has 7 heteroatoms. The zero-order chi connectivity index (χ0) is 13.4. The van der Waals surface area contributed by atoms with Crippen LogP contribution in [0.2, 0.25) is 0 Å². The lowest BCUT2D eigenvalue weighted by Crippen LogP contribution is -2.37. The summed E-state index contributed by atoms with van der Waals surface area (Å²) in [5, 5.41) is 1.00. The van der Waals surface area contributed by atoms with Crippen molar-refractivity contribution in [3.05, 3.63) is 30.3 Å². The largest absolute Gasteiger partial charge is 0.587 e. The zero-order valence-electron chi connectivity index (χ0n) is 10.8. The smallest absolute Gasteiger partial charge is 0.335 e. The van der Waals surface area contributed by atoms with Crippen molar-refractivity contribution in [2.75, 3.05) is 28.4 Å². The summed E-state index contributed by atoms with van der Waals surface area (Å²) in [4.78, 5) is 24.8. The van der Waals surface area contributed by atoms with E-state index in [-0.39, 0.29) is 6.02 Å². The van der Waals surface area contributed by atoms with E-state index < -0.39 is 0 Å². The maximum Gasteiger partial charge on any atom is 0.587 e. The minimum atomic E-state index is 0.0659. The first-order valence-corrected chi connectivity index (χ1v) is 5.13. The first-order chi connectivity index (χ1) is 8.78. The van der Waals surface area contributed by atoms with Gasteiger partial charge < -0.3 is 4.84 Å². The summed E-state index contributed by atoms with van der Waals surface area (Å²) >= 11 is 0. The second-order valence-electron chi connectivity index (χ2n) is 2.97. The number of para-hydroxylation sites is 1. The summed E-state index contributed by atoms with van der Waals surface area (Å²) in [7, 11) is 5.68. The van der Waals surface area contributed by atoms with Crippen LogP contribution in [0.15, 0.2) is 30.3 Å². The molecule has 100 valence electrons. The van der Waals surface area contributed by atoms with E-state index in [2.05, 4.69) is 4.89 Å². The third-order valence-electron chi connectivity index (χ3n) is 1.99. The number of hydrogen-bond acceptors (Lipinski definition) is 5. The number of amidine groups is 1. The highest BCUT2D eigenvalue weighted by atomic mass is 17.2. The highest BCUT2D eigenvalue weighted by molar-refractivity contribution is 5.66. The molecule has 0 radical (unpaired) electrons. The molecule has 0 saturated carbocycles. The quantitative estimate of drug-likeness (QED) is 0.260. The van der Waals surface area contributed by atoms with Gasteiger partial charge in [0.1, 0.15) is 7.11 Å². The van der Waals surface area contributed by atoms with Crippen molar-refractivity contribution in [3.8, 4) is 0 Å². The van der Waals surface area contributed by atoms with Crippen molar-refractivity contribution in [3.63, 3.8) is 0 Å². The van der Waals surface area contributed by atoms with Gasteiger partial charge in [-0.2, -0.15) is 14.6 Å². The van der Waals surface area contributed by atoms with Crippen LogP contribution in [0.25, 0.3) is 0 Å². The molecular weight excluding hydrogens is 240 g/mol. The average molecular weight is 257 g/mol. The second-order valence-corrected chi connectivity index (χ2v) is 2.97. The summed E-state index contributed by atoms with van der Waals surface area (Å²) in [6.45, 7) is 0. The Labute approximate surface area is 105 Å². The third-order valence-corrected chi connectivity index (χ3v) is 1.99. The molecule has 0 aliphatic carbocycles. The van der Waals surface area contributed by atoms with Crippen LogP contribution >= 0.6 is 0 Å². The van der Waals surface area contributed by atoms with Crippen molar-refractivity contribution in [2.24, 2.45) is 0 Å². The van der Waals surface area contributed by atoms with Gasteiger partial charge in [0.2, 0.25) is 0 Å². The highest BCUT2D eigenvalue weighted by Crippen LogP contribution is 2.12. The maximum atomic E-state index is 5.23. The standard InChI is InChI=1S/C11H17N2O5/c1-14-12(10-8-6-5-7-9-10)11(18-17-4)13(15-2)16-3/h5-9H,1-4H3/q+1. The van der Waals surface area contributed by atoms with Crippen LogP contribution in [0, 0.1) is 0 Å². The molecule has 0 aliphatic heterocycles. The van der Waals surface area contributed by atoms with E-state index in [4.69, 9.17) is 19.4 Å². The number of hydroxylamine groups is 2. The monoisotopic (exact) mass is 257 g/mol. The van der Waals surface area contributed by atoms with Crippen molar-refractivity contribution >= 4 is 11.7 Å². The van der Waals surface area contributed by atoms with Crippen LogP contribution in [0.5, 0.6) is 0 Å². The van der Waals surface area contributed by atoms with Gasteiger partial charge in [0.05, 0.1) is 26.6 Å². The molecule has 0 N–H and O–H groups in total. The van der Waals surface area contributed by atoms with Gasteiger partial charge in [-0.25, -0.2) is 4.89 Å². The van der Waals surface area contributed by atoms with E-state index in [0.717, 1.165) is 5.23 Å². The Morgan fingerprint density at radius 1 is 1.00 bits per heavy atom. The van der Waals surface area contributed by atoms with Gasteiger partial charge in [0.15, 0.2) is 5.69 Å². The van der Waals surface area contributed by atoms with Crippen LogP contribution in [0.4, 0.5) is 5.69 Å². The van der Waals surface area contributed by atoms with Gasteiger partial charge >= 0.3 is 6.02 Å². The Morgan fingerprint density at radius 2 is 1.61 bits per heavy atom. The molecule has 0 saturated heterocycles. The lowest BCUT2D eigenvalue weighted by molar-refractivity contribution is -0.736. The first kappa shape index (κ1) is 14.2. The fourth-order valence-corrected chi connectivity index (χ4v) is 1.30. The molecule has 1 aromatic rings. The summed E-state index contributed by atoms with van der Waals surface area (Å²) in [6.07, 6.45) is 0. The van der Waals surface area contributed by atoms with E-state index in [1.807, 2.05) is 30.3 Å². The van der Waals surface area contributed by atoms with Crippen LogP contribution in [-0.4, -0.2) is 44.4 Å². The molecule has 1 aromatic carbocycles. The van der Waals surface area contributed by atoms with Gasteiger partial charge in [-0.15, -0.1) is 0 Å². The normalized spacial score (nSPS) is 11.8. The van der Waals surface area contributed by atoms with E-state index in [1.165, 1.54) is 33.2 Å². The van der Waals surface area contributed by atoms with Crippen molar-refractivity contribution in [2.45, 2.75) is 0 Å². The fourth-order valence-electron chi connectivity index (χ4n) is 1.30. The molecule has 18 heavy (non-hydrogen) atoms. The van der Waals surface area contributed by atoms with Gasteiger partial charge in [-0.05, 0) is 16.9 Å². The van der Waals surface area contributed by atoms with E-state index >= 15 is 0 Å². The molecule has 0 atom stereocenters. The minimum absolute atomic E-state index is 0.0659. The molecule has 0 heterocycles. The lowest BCUT2D eigenvalue weighted by atomic mass is 10.3. The van der Waals surface area contributed by atoms with Crippen molar-refractivity contribution < 1.29 is 29.0 Å². The Hall–Kier alpha value is -1.83. The fraction of sp³-hybridized carbons (Fsp3) is 0.364. The molecule has 1 rings (SSSR count). The third kappa shape index (κ3) is 3.33. The predicted octanol–water partition coefficient (Wildman–Crippen LogP) is 1.25. The first-order valence-electron chi connectivity index (χ1n) is 5.13. The Balaban J connectivity index is 3.20. The molecule has 0 aromatic heterocycles. The summed E-state index contributed by atoms with van der Waals surface area (Å²) in [5.74, 6) is 0. The summed E-state index contributed by atoms with van der Waals surface area (Å²) in [6, 6.07) is 9.32. The summed E-state index contributed by atoms with van der Waals surface area (Å²) < 4.78 is 1.34. The molecule has 0 fully saturated rings. The van der Waals surface area contributed by atoms with Crippen LogP contribution in [0.3, 0.4) is 0 Å². The molecule has 0 spiro atoms. The van der Waals surface area contributed by atoms with Crippen molar-refractivity contribution in [1.29, 1.82) is 0 Å². The van der Waals surface area contributed by atoms with Crippen molar-refractivity contribution in [1.82, 2.24) is 5.23 Å². The SMILES string of the molecule is COOC(N(OC)OC)=[N+](OC)c1ccccc1. The van der Waals surface area contributed by atoms with Crippen LogP contribution in [-0.2, 0) is 24.3 Å². The number of rotatable bonds is 5. The molecular formula is C11H17N2O5+. The molecule has 7 nitrogen and oxygen atoms in total. The number of hydrogen-bond donors (Lipinski definition) is 0. The lowest BCUT2D eigenvalue weighted by Gasteiger charge is -2.12. The average Bonchev–Trinajstić information content (AvgIpc) is 2.42. The highest BCUT2D eigenvalue weighted by Gasteiger charge is 2.32. The van der Waals surface area contributed by atoms with Gasteiger partial charge in [0, 0.05) is 0 Å². The van der Waals surface area contributed by atoms with E-state index in [9.17, 15) is 0 Å². The van der Waals surface area contributed by atoms with E-state index in [0.29, 0.717) is 5.69 Å². The van der Waals surface area contributed by atoms with Crippen LogP contribution < -0.4 is 0 Å². The van der Waals surface area contributed by atoms with Gasteiger partial charge in [-0.3, -0.25) is 0 Å². The minimum Gasteiger partial charge on any atom is -0.335 e. The molecule has 0 amide bonds. The second kappa shape index (κ2) is 7.49. The summed E-state index contributed by atoms with van der Waals surface area (Å²) in [5.41, 5.74) is 0.714. The molecule has 0 unspecified atom stereocenters. The van der Waals surface area contributed by atoms with E-state index in [1.54, 1.807) is 0 Å². The van der Waals surface area contributed by atoms with Crippen LogP contribution in [0.1, 0.15) is 0 Å². The number of nitrogens with zero attached hydrogens (tertiary/aromatic N) is 2. The maximum absolute atomic E-state index is 5.23. The molecule has 0 aliphatic rings. The van der Waals surface area contributed by atoms with Gasteiger partial charge in [0.25, 0.3) is 0 Å². The Morgan fingerprint density at radius 3 is 2.06 bits per heavy atom. The Kier molecular flexibility index (Phi) is 5.92. The Bertz CT molecular complexity index is 378. The predicted molar refractivity (Wildman–Crippen MR) is 62.3 cm³/mol.